The molecule has 0 spiro atoms. The molecule has 0 aliphatic carbocycles. The van der Waals surface area contributed by atoms with Crippen LogP contribution < -0.4 is 5.32 Å². The van der Waals surface area contributed by atoms with Gasteiger partial charge in [0, 0.05) is 6.42 Å². The summed E-state index contributed by atoms with van der Waals surface area (Å²) in [6.45, 7) is 1.78. The number of unbranched alkanes of at least 4 members (excludes halogenated alkanes) is 28. The second-order valence-corrected chi connectivity index (χ2v) is 23.2. The Labute approximate surface area is 486 Å². The molecule has 0 radical (unpaired) electrons. The van der Waals surface area contributed by atoms with Crippen LogP contribution in [0.5, 0.6) is 0 Å². The average Bonchev–Trinajstić information content (AvgIpc) is 3.57. The fourth-order valence-electron chi connectivity index (χ4n) is 11.0. The summed E-state index contributed by atoms with van der Waals surface area (Å²) in [4.78, 5) is 13.4. The third kappa shape index (κ3) is 29.0. The van der Waals surface area contributed by atoms with E-state index in [4.69, 9.17) is 28.4 Å². The molecule has 17 unspecified atom stereocenters. The van der Waals surface area contributed by atoms with Gasteiger partial charge in [0.15, 0.2) is 18.9 Å². The predicted molar refractivity (Wildman–Crippen MR) is 310 cm³/mol. The largest absolute Gasteiger partial charge is 0.394 e. The average molecular weight is 1160 g/mol. The molecule has 3 aliphatic heterocycles. The van der Waals surface area contributed by atoms with Crippen LogP contribution in [0.2, 0.25) is 0 Å². The van der Waals surface area contributed by atoms with Crippen LogP contribution in [-0.2, 0) is 33.2 Å². The normalized spacial score (nSPS) is 29.9. The lowest BCUT2D eigenvalue weighted by molar-refractivity contribution is -0.379. The van der Waals surface area contributed by atoms with E-state index in [-0.39, 0.29) is 18.9 Å². The highest BCUT2D eigenvalue weighted by Gasteiger charge is 2.53. The summed E-state index contributed by atoms with van der Waals surface area (Å²) in [5.74, 6) is -0.245. The van der Waals surface area contributed by atoms with Crippen molar-refractivity contribution in [3.63, 3.8) is 0 Å². The molecule has 0 aromatic rings. The number of ether oxygens (including phenoxy) is 6. The predicted octanol–water partition coefficient (Wildman–Crippen LogP) is 6.71. The van der Waals surface area contributed by atoms with Crippen LogP contribution in [0.15, 0.2) is 24.3 Å². The lowest BCUT2D eigenvalue weighted by Gasteiger charge is -2.48. The molecule has 3 rings (SSSR count). The zero-order valence-corrected chi connectivity index (χ0v) is 49.8. The Morgan fingerprint density at radius 3 is 1.26 bits per heavy atom. The van der Waals surface area contributed by atoms with Gasteiger partial charge >= 0.3 is 0 Å². The van der Waals surface area contributed by atoms with E-state index in [2.05, 4.69) is 43.5 Å². The second-order valence-electron chi connectivity index (χ2n) is 23.2. The zero-order valence-electron chi connectivity index (χ0n) is 49.8. The molecular formula is C62H115NO18. The summed E-state index contributed by atoms with van der Waals surface area (Å²) in [6, 6.07) is -0.886. The first kappa shape index (κ1) is 73.5. The van der Waals surface area contributed by atoms with Gasteiger partial charge in [-0.3, -0.25) is 4.79 Å². The standard InChI is InChI=1S/C62H115NO18/c1-3-5-7-9-11-13-15-17-18-19-20-21-22-23-24-25-26-28-30-32-34-36-38-40-50(68)63-45(46(67)39-37-35-33-31-29-27-16-14-12-10-8-6-4-2)44-76-60-56(74)53(71)58(48(42-65)78-60)81-62-57(75)54(72)59(49(43-66)79-62)80-61-55(73)52(70)51(69)47(41-64)77-61/h15,17,19-20,45-49,51-62,64-67,69-75H,3-14,16,18,21-44H2,1-2H3,(H,63,68)/b17-15-,20-19-. The van der Waals surface area contributed by atoms with Crippen LogP contribution in [0.25, 0.3) is 0 Å². The van der Waals surface area contributed by atoms with Gasteiger partial charge < -0.3 is 89.9 Å². The molecule has 0 saturated carbocycles. The van der Waals surface area contributed by atoms with E-state index in [1.54, 1.807) is 0 Å². The van der Waals surface area contributed by atoms with Crippen LogP contribution in [0.4, 0.5) is 0 Å². The highest BCUT2D eigenvalue weighted by molar-refractivity contribution is 5.76. The molecule has 3 aliphatic rings. The van der Waals surface area contributed by atoms with E-state index in [1.165, 1.54) is 141 Å². The number of carbonyl (C=O) groups excluding carboxylic acids is 1. The molecule has 19 heteroatoms. The molecule has 17 atom stereocenters. The first-order valence-corrected chi connectivity index (χ1v) is 32.1. The van der Waals surface area contributed by atoms with Gasteiger partial charge in [0.05, 0.1) is 38.6 Å². The number of hydrogen-bond acceptors (Lipinski definition) is 18. The van der Waals surface area contributed by atoms with Gasteiger partial charge in [-0.15, -0.1) is 0 Å². The van der Waals surface area contributed by atoms with Gasteiger partial charge in [-0.2, -0.15) is 0 Å². The SMILES string of the molecule is CCCCCCC/C=C\C/C=C\CCCCCCCCCCCCCC(=O)NC(COC1OC(CO)C(OC2OC(CO)C(OC3OC(CO)C(O)C(O)C3O)C(O)C2O)C(O)C1O)C(O)CCCCCCCCCCCCCCC. The van der Waals surface area contributed by atoms with Crippen molar-refractivity contribution in [1.82, 2.24) is 5.32 Å². The van der Waals surface area contributed by atoms with Gasteiger partial charge in [-0.1, -0.05) is 205 Å². The maximum Gasteiger partial charge on any atom is 0.220 e. The number of allylic oxidation sites excluding steroid dienone is 4. The summed E-state index contributed by atoms with van der Waals surface area (Å²) in [7, 11) is 0. The van der Waals surface area contributed by atoms with E-state index in [1.807, 2.05) is 0 Å². The smallest absolute Gasteiger partial charge is 0.220 e. The van der Waals surface area contributed by atoms with Crippen molar-refractivity contribution in [2.24, 2.45) is 0 Å². The molecule has 12 N–H and O–H groups in total. The number of aliphatic hydroxyl groups excluding tert-OH is 11. The van der Waals surface area contributed by atoms with Gasteiger partial charge in [-0.05, 0) is 44.9 Å². The molecule has 0 bridgehead atoms. The van der Waals surface area contributed by atoms with Crippen LogP contribution >= 0.6 is 0 Å². The molecule has 19 nitrogen and oxygen atoms in total. The second kappa shape index (κ2) is 45.6. The van der Waals surface area contributed by atoms with E-state index in [0.717, 1.165) is 57.8 Å². The first-order chi connectivity index (χ1) is 39.3. The Kier molecular flexibility index (Phi) is 41.4. The minimum absolute atomic E-state index is 0.245. The topological polar surface area (TPSA) is 307 Å². The van der Waals surface area contributed by atoms with Crippen LogP contribution in [-0.4, -0.2) is 193 Å². The Balaban J connectivity index is 1.44. The fourth-order valence-corrected chi connectivity index (χ4v) is 11.0. The van der Waals surface area contributed by atoms with Crippen molar-refractivity contribution in [3.8, 4) is 0 Å². The van der Waals surface area contributed by atoms with Crippen molar-refractivity contribution in [2.75, 3.05) is 26.4 Å². The van der Waals surface area contributed by atoms with Crippen molar-refractivity contribution < 1.29 is 89.4 Å². The maximum atomic E-state index is 13.4. The molecule has 3 heterocycles. The summed E-state index contributed by atoms with van der Waals surface area (Å²) < 4.78 is 34.3. The summed E-state index contributed by atoms with van der Waals surface area (Å²) >= 11 is 0. The Morgan fingerprint density at radius 1 is 0.444 bits per heavy atom. The molecular weight excluding hydrogens is 1050 g/mol. The van der Waals surface area contributed by atoms with Gasteiger partial charge in [0.2, 0.25) is 5.91 Å². The Morgan fingerprint density at radius 2 is 0.815 bits per heavy atom. The van der Waals surface area contributed by atoms with Crippen molar-refractivity contribution in [1.29, 1.82) is 0 Å². The molecule has 1 amide bonds. The number of nitrogens with one attached hydrogen (secondary N) is 1. The van der Waals surface area contributed by atoms with E-state index in [9.17, 15) is 61.0 Å². The van der Waals surface area contributed by atoms with Crippen molar-refractivity contribution in [3.05, 3.63) is 24.3 Å². The fraction of sp³-hybridized carbons (Fsp3) is 0.919. The minimum Gasteiger partial charge on any atom is -0.394 e. The van der Waals surface area contributed by atoms with Crippen LogP contribution in [0, 0.1) is 0 Å². The molecule has 81 heavy (non-hydrogen) atoms. The molecule has 0 aromatic carbocycles. The number of aliphatic hydroxyl groups is 11. The maximum absolute atomic E-state index is 13.4. The van der Waals surface area contributed by atoms with Gasteiger partial charge in [0.25, 0.3) is 0 Å². The number of carbonyl (C=O) groups is 1. The summed E-state index contributed by atoms with van der Waals surface area (Å²) in [6.07, 6.45) is 21.1. The number of hydrogen-bond donors (Lipinski definition) is 12. The third-order valence-corrected chi connectivity index (χ3v) is 16.3. The molecule has 0 aromatic heterocycles. The molecule has 476 valence electrons. The first-order valence-electron chi connectivity index (χ1n) is 32.1. The zero-order chi connectivity index (χ0) is 59.0. The summed E-state index contributed by atoms with van der Waals surface area (Å²) in [5.41, 5.74) is 0. The number of amides is 1. The lowest BCUT2D eigenvalue weighted by atomic mass is 9.96. The Hall–Kier alpha value is -1.73. The van der Waals surface area contributed by atoms with Crippen molar-refractivity contribution >= 4 is 5.91 Å². The third-order valence-electron chi connectivity index (χ3n) is 16.3. The quantitative estimate of drug-likeness (QED) is 0.0222. The number of rotatable bonds is 48. The summed E-state index contributed by atoms with van der Waals surface area (Å²) in [5, 5.41) is 120. The molecule has 3 fully saturated rings. The van der Waals surface area contributed by atoms with E-state index >= 15 is 0 Å². The monoisotopic (exact) mass is 1160 g/mol. The minimum atomic E-state index is -1.97. The highest BCUT2D eigenvalue weighted by atomic mass is 16.8. The van der Waals surface area contributed by atoms with Crippen LogP contribution in [0.1, 0.15) is 232 Å². The van der Waals surface area contributed by atoms with Gasteiger partial charge in [0.1, 0.15) is 73.2 Å². The van der Waals surface area contributed by atoms with Crippen LogP contribution in [0.3, 0.4) is 0 Å². The molecule has 3 saturated heterocycles. The van der Waals surface area contributed by atoms with Crippen molar-refractivity contribution in [2.45, 2.75) is 336 Å². The lowest BCUT2D eigenvalue weighted by Crippen LogP contribution is -2.66. The highest BCUT2D eigenvalue weighted by Crippen LogP contribution is 2.33. The van der Waals surface area contributed by atoms with E-state index < -0.39 is 124 Å². The van der Waals surface area contributed by atoms with Gasteiger partial charge in [-0.25, -0.2) is 0 Å². The Bertz CT molecular complexity index is 1580. The van der Waals surface area contributed by atoms with E-state index in [0.29, 0.717) is 12.8 Å².